The van der Waals surface area contributed by atoms with Gasteiger partial charge in [-0.3, -0.25) is 4.98 Å². The van der Waals surface area contributed by atoms with Crippen LogP contribution in [-0.4, -0.2) is 9.81 Å². The molecule has 3 rings (SSSR count). The minimum Gasteiger partial charge on any atom is -0.264 e. The predicted molar refractivity (Wildman–Crippen MR) is 75.5 cm³/mol. The van der Waals surface area contributed by atoms with Crippen molar-refractivity contribution in [3.8, 4) is 0 Å². The van der Waals surface area contributed by atoms with Gasteiger partial charge in [0.1, 0.15) is 0 Å². The zero-order chi connectivity index (χ0) is 11.7. The fourth-order valence-electron chi connectivity index (χ4n) is 2.38. The van der Waals surface area contributed by atoms with Crippen molar-refractivity contribution in [3.05, 3.63) is 42.2 Å². The molecule has 1 aromatic carbocycles. The second kappa shape index (κ2) is 4.77. The standard InChI is InChI=1S/C15H16BrN/c16-15(13-4-5-13)7-6-11-2-1-3-12-8-9-17-10-14(11)12/h1-3,8-10,13,15H,4-7H2. The number of aromatic nitrogens is 1. The Bertz CT molecular complexity index is 514. The van der Waals surface area contributed by atoms with Crippen molar-refractivity contribution in [2.24, 2.45) is 5.92 Å². The molecule has 1 unspecified atom stereocenters. The van der Waals surface area contributed by atoms with Gasteiger partial charge >= 0.3 is 0 Å². The molecule has 88 valence electrons. The topological polar surface area (TPSA) is 12.9 Å². The molecule has 2 aromatic rings. The van der Waals surface area contributed by atoms with Crippen LogP contribution in [0, 0.1) is 5.92 Å². The van der Waals surface area contributed by atoms with Crippen LogP contribution in [0.4, 0.5) is 0 Å². The molecular formula is C15H16BrN. The molecule has 1 aliphatic rings. The lowest BCUT2D eigenvalue weighted by Gasteiger charge is -2.09. The molecule has 0 aliphatic heterocycles. The van der Waals surface area contributed by atoms with Crippen LogP contribution < -0.4 is 0 Å². The molecule has 1 saturated carbocycles. The SMILES string of the molecule is BrC(CCc1cccc2ccncc12)C1CC1. The first kappa shape index (κ1) is 11.2. The van der Waals surface area contributed by atoms with E-state index in [2.05, 4.69) is 45.2 Å². The molecule has 0 bridgehead atoms. The minimum atomic E-state index is 0.703. The van der Waals surface area contributed by atoms with E-state index in [-0.39, 0.29) is 0 Å². The average molecular weight is 290 g/mol. The van der Waals surface area contributed by atoms with E-state index in [9.17, 15) is 0 Å². The van der Waals surface area contributed by atoms with Crippen molar-refractivity contribution in [1.82, 2.24) is 4.98 Å². The highest BCUT2D eigenvalue weighted by Crippen LogP contribution is 2.38. The highest BCUT2D eigenvalue weighted by atomic mass is 79.9. The van der Waals surface area contributed by atoms with E-state index in [0.29, 0.717) is 4.83 Å². The summed E-state index contributed by atoms with van der Waals surface area (Å²) in [4.78, 5) is 4.94. The molecular weight excluding hydrogens is 274 g/mol. The van der Waals surface area contributed by atoms with Crippen LogP contribution in [0.15, 0.2) is 36.7 Å². The van der Waals surface area contributed by atoms with Gasteiger partial charge in [-0.15, -0.1) is 0 Å². The third-order valence-electron chi connectivity index (χ3n) is 3.60. The Morgan fingerprint density at radius 1 is 1.29 bits per heavy atom. The van der Waals surface area contributed by atoms with Gasteiger partial charge < -0.3 is 0 Å². The number of hydrogen-bond acceptors (Lipinski definition) is 1. The molecule has 17 heavy (non-hydrogen) atoms. The maximum Gasteiger partial charge on any atom is 0.0349 e. The highest BCUT2D eigenvalue weighted by Gasteiger charge is 2.28. The van der Waals surface area contributed by atoms with Crippen molar-refractivity contribution in [1.29, 1.82) is 0 Å². The summed E-state index contributed by atoms with van der Waals surface area (Å²) in [7, 11) is 0. The van der Waals surface area contributed by atoms with Crippen LogP contribution in [0.2, 0.25) is 0 Å². The Morgan fingerprint density at radius 2 is 2.18 bits per heavy atom. The molecule has 0 saturated heterocycles. The van der Waals surface area contributed by atoms with Gasteiger partial charge in [0.05, 0.1) is 0 Å². The van der Waals surface area contributed by atoms with Crippen LogP contribution in [0.1, 0.15) is 24.8 Å². The molecule has 1 heterocycles. The highest BCUT2D eigenvalue weighted by molar-refractivity contribution is 9.09. The van der Waals surface area contributed by atoms with Gasteiger partial charge in [0, 0.05) is 22.6 Å². The van der Waals surface area contributed by atoms with Crippen molar-refractivity contribution in [3.63, 3.8) is 0 Å². The van der Waals surface area contributed by atoms with E-state index < -0.39 is 0 Å². The second-order valence-electron chi connectivity index (χ2n) is 4.91. The van der Waals surface area contributed by atoms with Crippen molar-refractivity contribution in [2.75, 3.05) is 0 Å². The Balaban J connectivity index is 1.79. The normalized spacial score (nSPS) is 17.2. The third kappa shape index (κ3) is 2.52. The summed E-state index contributed by atoms with van der Waals surface area (Å²) in [6.45, 7) is 0. The summed E-state index contributed by atoms with van der Waals surface area (Å²) in [5.74, 6) is 0.933. The number of aryl methyl sites for hydroxylation is 1. The predicted octanol–water partition coefficient (Wildman–Crippen LogP) is 4.34. The maximum atomic E-state index is 4.24. The fraction of sp³-hybridized carbons (Fsp3) is 0.400. The number of hydrogen-bond donors (Lipinski definition) is 0. The minimum absolute atomic E-state index is 0.703. The Morgan fingerprint density at radius 3 is 3.00 bits per heavy atom. The van der Waals surface area contributed by atoms with Gasteiger partial charge in [-0.2, -0.15) is 0 Å². The molecule has 1 nitrogen and oxygen atoms in total. The van der Waals surface area contributed by atoms with E-state index in [4.69, 9.17) is 0 Å². The van der Waals surface area contributed by atoms with Crippen LogP contribution >= 0.6 is 15.9 Å². The Hall–Kier alpha value is -0.890. The lowest BCUT2D eigenvalue weighted by molar-refractivity contribution is 0.698. The molecule has 1 atom stereocenters. The summed E-state index contributed by atoms with van der Waals surface area (Å²) in [6.07, 6.45) is 9.06. The number of halogens is 1. The van der Waals surface area contributed by atoms with Gasteiger partial charge in [-0.25, -0.2) is 0 Å². The molecule has 0 radical (unpaired) electrons. The molecule has 0 spiro atoms. The zero-order valence-electron chi connectivity index (χ0n) is 9.77. The largest absolute Gasteiger partial charge is 0.264 e. The van der Waals surface area contributed by atoms with E-state index in [0.717, 1.165) is 12.3 Å². The number of nitrogens with zero attached hydrogens (tertiary/aromatic N) is 1. The van der Waals surface area contributed by atoms with E-state index in [1.165, 1.54) is 35.6 Å². The van der Waals surface area contributed by atoms with Crippen molar-refractivity contribution < 1.29 is 0 Å². The Labute approximate surface area is 110 Å². The second-order valence-corrected chi connectivity index (χ2v) is 6.08. The molecule has 1 aromatic heterocycles. The van der Waals surface area contributed by atoms with Gasteiger partial charge in [0.25, 0.3) is 0 Å². The van der Waals surface area contributed by atoms with Gasteiger partial charge in [-0.05, 0) is 48.6 Å². The summed E-state index contributed by atoms with van der Waals surface area (Å²) < 4.78 is 0. The number of benzene rings is 1. The summed E-state index contributed by atoms with van der Waals surface area (Å²) in [6, 6.07) is 8.63. The van der Waals surface area contributed by atoms with Crippen LogP contribution in [-0.2, 0) is 6.42 Å². The molecule has 2 heteroatoms. The van der Waals surface area contributed by atoms with Crippen LogP contribution in [0.5, 0.6) is 0 Å². The molecule has 1 fully saturated rings. The number of pyridine rings is 1. The zero-order valence-corrected chi connectivity index (χ0v) is 11.4. The summed E-state index contributed by atoms with van der Waals surface area (Å²) in [5.41, 5.74) is 1.43. The van der Waals surface area contributed by atoms with Gasteiger partial charge in [0.2, 0.25) is 0 Å². The van der Waals surface area contributed by atoms with Crippen molar-refractivity contribution in [2.45, 2.75) is 30.5 Å². The first-order chi connectivity index (χ1) is 8.34. The lowest BCUT2D eigenvalue weighted by Crippen LogP contribution is -2.02. The third-order valence-corrected chi connectivity index (χ3v) is 4.80. The maximum absolute atomic E-state index is 4.24. The monoisotopic (exact) mass is 289 g/mol. The van der Waals surface area contributed by atoms with Gasteiger partial charge in [-0.1, -0.05) is 34.1 Å². The average Bonchev–Trinajstić information content (AvgIpc) is 3.20. The lowest BCUT2D eigenvalue weighted by atomic mass is 10.0. The van der Waals surface area contributed by atoms with Crippen LogP contribution in [0.3, 0.4) is 0 Å². The quantitative estimate of drug-likeness (QED) is 0.763. The number of rotatable bonds is 4. The summed E-state index contributed by atoms with van der Waals surface area (Å²) in [5, 5.41) is 2.61. The first-order valence-corrected chi connectivity index (χ1v) is 7.22. The Kier molecular flexibility index (Phi) is 3.15. The fourth-order valence-corrected chi connectivity index (χ4v) is 3.14. The van der Waals surface area contributed by atoms with Crippen LogP contribution in [0.25, 0.3) is 10.8 Å². The number of alkyl halides is 1. The molecule has 0 amide bonds. The van der Waals surface area contributed by atoms with Gasteiger partial charge in [0.15, 0.2) is 0 Å². The smallest absolute Gasteiger partial charge is 0.0349 e. The first-order valence-electron chi connectivity index (χ1n) is 6.30. The summed E-state index contributed by atoms with van der Waals surface area (Å²) >= 11 is 3.81. The number of fused-ring (bicyclic) bond motifs is 1. The van der Waals surface area contributed by atoms with E-state index in [1.54, 1.807) is 0 Å². The molecule has 1 aliphatic carbocycles. The van der Waals surface area contributed by atoms with Crippen molar-refractivity contribution >= 4 is 26.7 Å². The molecule has 0 N–H and O–H groups in total. The van der Waals surface area contributed by atoms with E-state index in [1.807, 2.05) is 12.4 Å². The van der Waals surface area contributed by atoms with E-state index >= 15 is 0 Å².